The van der Waals surface area contributed by atoms with Gasteiger partial charge in [0, 0.05) is 5.54 Å². The third-order valence-electron chi connectivity index (χ3n) is 2.95. The monoisotopic (exact) mass is 352 g/mol. The van der Waals surface area contributed by atoms with Gasteiger partial charge in [0.15, 0.2) is 11.6 Å². The minimum atomic E-state index is -5.09. The standard InChI is InChI=1S/C14H16F4N2O4/c1-13(2,3)20(12(22)23)10(11(19)21)7-4-5-9(8(15)6-7)24-14(16,17)18/h4-6,10H,1-3H3,(H2,19,21)(H,22,23). The van der Waals surface area contributed by atoms with Crippen molar-refractivity contribution < 1.29 is 37.0 Å². The summed E-state index contributed by atoms with van der Waals surface area (Å²) in [6.45, 7) is 4.44. The van der Waals surface area contributed by atoms with Gasteiger partial charge in [-0.3, -0.25) is 9.69 Å². The summed E-state index contributed by atoms with van der Waals surface area (Å²) in [5.74, 6) is -3.61. The normalized spacial score (nSPS) is 13.3. The third kappa shape index (κ3) is 4.74. The van der Waals surface area contributed by atoms with E-state index in [2.05, 4.69) is 4.74 Å². The Kier molecular flexibility index (Phi) is 5.32. The van der Waals surface area contributed by atoms with E-state index >= 15 is 0 Å². The molecule has 0 spiro atoms. The van der Waals surface area contributed by atoms with Crippen molar-refractivity contribution in [3.8, 4) is 5.75 Å². The number of carboxylic acid groups (broad SMARTS) is 1. The molecule has 0 heterocycles. The van der Waals surface area contributed by atoms with Crippen LogP contribution in [0.15, 0.2) is 18.2 Å². The van der Waals surface area contributed by atoms with E-state index in [9.17, 15) is 32.3 Å². The highest BCUT2D eigenvalue weighted by molar-refractivity contribution is 5.85. The van der Waals surface area contributed by atoms with Crippen LogP contribution in [0, 0.1) is 5.82 Å². The van der Waals surface area contributed by atoms with E-state index in [0.717, 1.165) is 6.07 Å². The van der Waals surface area contributed by atoms with Gasteiger partial charge in [0.05, 0.1) is 0 Å². The topological polar surface area (TPSA) is 92.9 Å². The van der Waals surface area contributed by atoms with Gasteiger partial charge in [-0.25, -0.2) is 9.18 Å². The molecule has 3 N–H and O–H groups in total. The summed E-state index contributed by atoms with van der Waals surface area (Å²) in [6, 6.07) is 0.591. The summed E-state index contributed by atoms with van der Waals surface area (Å²) in [4.78, 5) is 23.8. The second-order valence-corrected chi connectivity index (χ2v) is 5.87. The Labute approximate surface area is 134 Å². The smallest absolute Gasteiger partial charge is 0.465 e. The molecule has 2 amide bonds. The second-order valence-electron chi connectivity index (χ2n) is 5.87. The van der Waals surface area contributed by atoms with Gasteiger partial charge in [-0.05, 0) is 38.5 Å². The highest BCUT2D eigenvalue weighted by Gasteiger charge is 2.38. The van der Waals surface area contributed by atoms with Crippen molar-refractivity contribution >= 4 is 12.0 Å². The average Bonchev–Trinajstić information content (AvgIpc) is 2.34. The lowest BCUT2D eigenvalue weighted by molar-refractivity contribution is -0.275. The number of rotatable bonds is 4. The van der Waals surface area contributed by atoms with Crippen LogP contribution in [0.1, 0.15) is 32.4 Å². The van der Waals surface area contributed by atoms with Gasteiger partial charge in [0.25, 0.3) is 0 Å². The molecular formula is C14H16F4N2O4. The summed E-state index contributed by atoms with van der Waals surface area (Å²) < 4.78 is 53.8. The molecular weight excluding hydrogens is 336 g/mol. The van der Waals surface area contributed by atoms with Crippen molar-refractivity contribution in [2.45, 2.75) is 38.7 Å². The number of benzene rings is 1. The summed E-state index contributed by atoms with van der Waals surface area (Å²) in [5.41, 5.74) is 3.92. The fourth-order valence-electron chi connectivity index (χ4n) is 2.12. The van der Waals surface area contributed by atoms with Crippen LogP contribution in [-0.4, -0.2) is 33.9 Å². The Hall–Kier alpha value is -2.52. The predicted octanol–water partition coefficient (Wildman–Crippen LogP) is 3.03. The summed E-state index contributed by atoms with van der Waals surface area (Å²) >= 11 is 0. The number of carbonyl (C=O) groups is 2. The third-order valence-corrected chi connectivity index (χ3v) is 2.95. The number of nitrogens with two attached hydrogens (primary N) is 1. The molecule has 0 saturated heterocycles. The summed E-state index contributed by atoms with van der Waals surface area (Å²) in [5, 5.41) is 9.32. The van der Waals surface area contributed by atoms with Crippen LogP contribution in [0.2, 0.25) is 0 Å². The van der Waals surface area contributed by atoms with E-state index in [1.165, 1.54) is 20.8 Å². The number of carbonyl (C=O) groups excluding carboxylic acids is 1. The lowest BCUT2D eigenvalue weighted by Gasteiger charge is -2.38. The van der Waals surface area contributed by atoms with E-state index in [1.807, 2.05) is 0 Å². The zero-order valence-corrected chi connectivity index (χ0v) is 13.0. The highest BCUT2D eigenvalue weighted by Crippen LogP contribution is 2.32. The van der Waals surface area contributed by atoms with Crippen molar-refractivity contribution in [2.24, 2.45) is 5.73 Å². The number of nitrogens with zero attached hydrogens (tertiary/aromatic N) is 1. The van der Waals surface area contributed by atoms with E-state index in [-0.39, 0.29) is 5.56 Å². The lowest BCUT2D eigenvalue weighted by Crippen LogP contribution is -2.51. The van der Waals surface area contributed by atoms with Gasteiger partial charge in [-0.2, -0.15) is 0 Å². The Morgan fingerprint density at radius 2 is 1.79 bits per heavy atom. The molecule has 10 heteroatoms. The first-order valence-electron chi connectivity index (χ1n) is 6.61. The number of primary amides is 1. The summed E-state index contributed by atoms with van der Waals surface area (Å²) in [6.07, 6.45) is -6.59. The van der Waals surface area contributed by atoms with Crippen molar-refractivity contribution in [2.75, 3.05) is 0 Å². The molecule has 0 aliphatic carbocycles. The number of hydrogen-bond donors (Lipinski definition) is 2. The average molecular weight is 352 g/mol. The zero-order valence-electron chi connectivity index (χ0n) is 13.0. The molecule has 0 bridgehead atoms. The van der Waals surface area contributed by atoms with Crippen molar-refractivity contribution in [3.63, 3.8) is 0 Å². The molecule has 1 unspecified atom stereocenters. The van der Waals surface area contributed by atoms with Gasteiger partial charge in [0.2, 0.25) is 5.91 Å². The molecule has 6 nitrogen and oxygen atoms in total. The molecule has 1 rings (SSSR count). The molecule has 24 heavy (non-hydrogen) atoms. The van der Waals surface area contributed by atoms with Gasteiger partial charge >= 0.3 is 12.5 Å². The van der Waals surface area contributed by atoms with Gasteiger partial charge < -0.3 is 15.6 Å². The molecule has 0 radical (unpaired) electrons. The minimum Gasteiger partial charge on any atom is -0.465 e. The molecule has 134 valence electrons. The van der Waals surface area contributed by atoms with Crippen LogP contribution in [0.25, 0.3) is 0 Å². The van der Waals surface area contributed by atoms with Crippen LogP contribution < -0.4 is 10.5 Å². The maximum absolute atomic E-state index is 13.8. The molecule has 1 aromatic rings. The summed E-state index contributed by atoms with van der Waals surface area (Å²) in [7, 11) is 0. The molecule has 1 atom stereocenters. The van der Waals surface area contributed by atoms with Crippen LogP contribution >= 0.6 is 0 Å². The molecule has 0 aromatic heterocycles. The number of halogens is 4. The van der Waals surface area contributed by atoms with Crippen molar-refractivity contribution in [1.29, 1.82) is 0 Å². The van der Waals surface area contributed by atoms with Crippen LogP contribution in [0.3, 0.4) is 0 Å². The van der Waals surface area contributed by atoms with Gasteiger partial charge in [-0.1, -0.05) is 6.07 Å². The highest BCUT2D eigenvalue weighted by atomic mass is 19.4. The van der Waals surface area contributed by atoms with E-state index < -0.39 is 41.5 Å². The van der Waals surface area contributed by atoms with Crippen molar-refractivity contribution in [1.82, 2.24) is 4.90 Å². The second kappa shape index (κ2) is 6.54. The minimum absolute atomic E-state index is 0.216. The first kappa shape index (κ1) is 19.5. The number of amides is 2. The first-order chi connectivity index (χ1) is 10.7. The van der Waals surface area contributed by atoms with Crippen LogP contribution in [0.5, 0.6) is 5.75 Å². The van der Waals surface area contributed by atoms with E-state index in [0.29, 0.717) is 17.0 Å². The number of ether oxygens (including phenoxy) is 1. The SMILES string of the molecule is CC(C)(C)N(C(=O)O)C(C(N)=O)c1ccc(OC(F)(F)F)c(F)c1. The Morgan fingerprint density at radius 1 is 1.25 bits per heavy atom. The van der Waals surface area contributed by atoms with E-state index in [4.69, 9.17) is 5.73 Å². The fourth-order valence-corrected chi connectivity index (χ4v) is 2.12. The lowest BCUT2D eigenvalue weighted by atomic mass is 9.97. The Bertz CT molecular complexity index is 641. The first-order valence-corrected chi connectivity index (χ1v) is 6.61. The molecule has 1 aromatic carbocycles. The predicted molar refractivity (Wildman–Crippen MR) is 74.6 cm³/mol. The Morgan fingerprint density at radius 3 is 2.12 bits per heavy atom. The maximum Gasteiger partial charge on any atom is 0.573 e. The molecule has 0 aliphatic rings. The largest absolute Gasteiger partial charge is 0.573 e. The maximum atomic E-state index is 13.8. The molecule has 0 aliphatic heterocycles. The fraction of sp³-hybridized carbons (Fsp3) is 0.429. The molecule has 0 saturated carbocycles. The number of hydrogen-bond acceptors (Lipinski definition) is 3. The van der Waals surface area contributed by atoms with Gasteiger partial charge in [0.1, 0.15) is 6.04 Å². The van der Waals surface area contributed by atoms with Crippen molar-refractivity contribution in [3.05, 3.63) is 29.6 Å². The number of alkyl halides is 3. The Balaban J connectivity index is 3.35. The zero-order chi connectivity index (χ0) is 18.9. The van der Waals surface area contributed by atoms with Gasteiger partial charge in [-0.15, -0.1) is 13.2 Å². The molecule has 0 fully saturated rings. The van der Waals surface area contributed by atoms with Crippen LogP contribution in [-0.2, 0) is 4.79 Å². The van der Waals surface area contributed by atoms with Crippen LogP contribution in [0.4, 0.5) is 22.4 Å². The van der Waals surface area contributed by atoms with E-state index in [1.54, 1.807) is 0 Å². The quantitative estimate of drug-likeness (QED) is 0.815.